The van der Waals surface area contributed by atoms with E-state index < -0.39 is 0 Å². The summed E-state index contributed by atoms with van der Waals surface area (Å²) < 4.78 is 0. The number of para-hydroxylation sites is 2. The molecule has 3 heteroatoms. The molecule has 0 amide bonds. The van der Waals surface area contributed by atoms with Gasteiger partial charge in [-0.3, -0.25) is 4.98 Å². The van der Waals surface area contributed by atoms with Crippen molar-refractivity contribution >= 4 is 11.0 Å². The molecule has 0 radical (unpaired) electrons. The average Bonchev–Trinajstić information content (AvgIpc) is 2.46. The minimum Gasteiger partial charge on any atom is -0.308 e. The molecule has 100 valence electrons. The summed E-state index contributed by atoms with van der Waals surface area (Å²) in [5.74, 6) is 0.901. The molecule has 3 rings (SSSR count). The summed E-state index contributed by atoms with van der Waals surface area (Å²) in [4.78, 5) is 9.10. The molecule has 1 aromatic heterocycles. The molecule has 2 aromatic rings. The zero-order valence-electron chi connectivity index (χ0n) is 11.5. The second kappa shape index (κ2) is 5.66. The van der Waals surface area contributed by atoms with Crippen molar-refractivity contribution in [1.29, 1.82) is 0 Å². The molecular formula is C16H21N3. The molecular weight excluding hydrogens is 234 g/mol. The summed E-state index contributed by atoms with van der Waals surface area (Å²) in [5.41, 5.74) is 2.99. The molecule has 0 bridgehead atoms. The van der Waals surface area contributed by atoms with Gasteiger partial charge in [-0.2, -0.15) is 0 Å². The van der Waals surface area contributed by atoms with Crippen molar-refractivity contribution in [2.45, 2.75) is 45.2 Å². The highest BCUT2D eigenvalue weighted by atomic mass is 14.9. The van der Waals surface area contributed by atoms with Gasteiger partial charge in [-0.15, -0.1) is 0 Å². The number of fused-ring (bicyclic) bond motifs is 1. The predicted octanol–water partition coefficient (Wildman–Crippen LogP) is 3.30. The molecule has 1 aliphatic rings. The Hall–Kier alpha value is -1.48. The SMILES string of the molecule is CC1CCC(NCc2cnc3ccccc3n2)CC1. The maximum atomic E-state index is 4.65. The van der Waals surface area contributed by atoms with Crippen LogP contribution in [0, 0.1) is 5.92 Å². The maximum Gasteiger partial charge on any atom is 0.0890 e. The van der Waals surface area contributed by atoms with Crippen molar-refractivity contribution in [3.05, 3.63) is 36.2 Å². The molecule has 1 heterocycles. The monoisotopic (exact) mass is 255 g/mol. The highest BCUT2D eigenvalue weighted by Gasteiger charge is 2.17. The molecule has 0 spiro atoms. The molecule has 1 N–H and O–H groups in total. The Morgan fingerprint density at radius 2 is 1.84 bits per heavy atom. The number of nitrogens with zero attached hydrogens (tertiary/aromatic N) is 2. The number of benzene rings is 1. The lowest BCUT2D eigenvalue weighted by molar-refractivity contribution is 0.306. The van der Waals surface area contributed by atoms with Gasteiger partial charge in [-0.1, -0.05) is 19.1 Å². The van der Waals surface area contributed by atoms with Crippen LogP contribution in [0.25, 0.3) is 11.0 Å². The van der Waals surface area contributed by atoms with E-state index >= 15 is 0 Å². The van der Waals surface area contributed by atoms with Crippen LogP contribution in [0.4, 0.5) is 0 Å². The second-order valence-electron chi connectivity index (χ2n) is 5.69. The Bertz CT molecular complexity index is 544. The highest BCUT2D eigenvalue weighted by molar-refractivity contribution is 5.73. The van der Waals surface area contributed by atoms with Crippen LogP contribution < -0.4 is 5.32 Å². The van der Waals surface area contributed by atoms with Crippen LogP contribution in [0.2, 0.25) is 0 Å². The summed E-state index contributed by atoms with van der Waals surface area (Å²) in [5, 5.41) is 3.62. The fourth-order valence-electron chi connectivity index (χ4n) is 2.79. The topological polar surface area (TPSA) is 37.8 Å². The van der Waals surface area contributed by atoms with Crippen LogP contribution in [-0.4, -0.2) is 16.0 Å². The van der Waals surface area contributed by atoms with Gasteiger partial charge in [-0.05, 0) is 43.7 Å². The first-order valence-electron chi connectivity index (χ1n) is 7.25. The van der Waals surface area contributed by atoms with E-state index in [1.54, 1.807) is 0 Å². The first-order valence-corrected chi connectivity index (χ1v) is 7.25. The molecule has 1 fully saturated rings. The molecule has 1 aromatic carbocycles. The molecule has 3 nitrogen and oxygen atoms in total. The van der Waals surface area contributed by atoms with E-state index in [0.717, 1.165) is 29.2 Å². The fraction of sp³-hybridized carbons (Fsp3) is 0.500. The molecule has 0 aliphatic heterocycles. The van der Waals surface area contributed by atoms with E-state index in [1.807, 2.05) is 30.5 Å². The third kappa shape index (κ3) is 3.10. The van der Waals surface area contributed by atoms with Gasteiger partial charge in [0.2, 0.25) is 0 Å². The predicted molar refractivity (Wildman–Crippen MR) is 77.8 cm³/mol. The fourth-order valence-corrected chi connectivity index (χ4v) is 2.79. The number of nitrogens with one attached hydrogen (secondary N) is 1. The minimum atomic E-state index is 0.657. The summed E-state index contributed by atoms with van der Waals surface area (Å²) in [6.45, 7) is 3.18. The number of hydrogen-bond acceptors (Lipinski definition) is 3. The highest BCUT2D eigenvalue weighted by Crippen LogP contribution is 2.23. The van der Waals surface area contributed by atoms with Gasteiger partial charge < -0.3 is 5.32 Å². The number of rotatable bonds is 3. The number of hydrogen-bond donors (Lipinski definition) is 1. The lowest BCUT2D eigenvalue weighted by atomic mass is 9.87. The van der Waals surface area contributed by atoms with E-state index in [-0.39, 0.29) is 0 Å². The van der Waals surface area contributed by atoms with E-state index in [4.69, 9.17) is 0 Å². The van der Waals surface area contributed by atoms with Gasteiger partial charge >= 0.3 is 0 Å². The molecule has 1 aliphatic carbocycles. The Kier molecular flexibility index (Phi) is 3.74. The van der Waals surface area contributed by atoms with Crippen molar-refractivity contribution in [2.24, 2.45) is 5.92 Å². The summed E-state index contributed by atoms with van der Waals surface area (Å²) in [6, 6.07) is 8.69. The van der Waals surface area contributed by atoms with Crippen LogP contribution in [0.5, 0.6) is 0 Å². The van der Waals surface area contributed by atoms with Gasteiger partial charge in [0.15, 0.2) is 0 Å². The quantitative estimate of drug-likeness (QED) is 0.914. The van der Waals surface area contributed by atoms with Crippen LogP contribution in [0.15, 0.2) is 30.5 Å². The van der Waals surface area contributed by atoms with Gasteiger partial charge in [0.05, 0.1) is 22.9 Å². The molecule has 1 saturated carbocycles. The lowest BCUT2D eigenvalue weighted by Crippen LogP contribution is -2.32. The first-order chi connectivity index (χ1) is 9.31. The molecule has 0 saturated heterocycles. The summed E-state index contributed by atoms with van der Waals surface area (Å²) in [6.07, 6.45) is 7.17. The number of aromatic nitrogens is 2. The van der Waals surface area contributed by atoms with E-state index in [2.05, 4.69) is 22.2 Å². The Balaban J connectivity index is 1.62. The van der Waals surface area contributed by atoms with Crippen LogP contribution in [0.1, 0.15) is 38.3 Å². The van der Waals surface area contributed by atoms with Gasteiger partial charge in [0.1, 0.15) is 0 Å². The van der Waals surface area contributed by atoms with Crippen LogP contribution >= 0.6 is 0 Å². The van der Waals surface area contributed by atoms with E-state index in [0.29, 0.717) is 6.04 Å². The van der Waals surface area contributed by atoms with Crippen molar-refractivity contribution in [3.63, 3.8) is 0 Å². The maximum absolute atomic E-state index is 4.65. The molecule has 19 heavy (non-hydrogen) atoms. The standard InChI is InChI=1S/C16H21N3/c1-12-6-8-13(9-7-12)17-10-14-11-18-15-4-2-3-5-16(15)19-14/h2-5,11-13,17H,6-10H2,1H3. The van der Waals surface area contributed by atoms with E-state index in [1.165, 1.54) is 25.7 Å². The van der Waals surface area contributed by atoms with Crippen molar-refractivity contribution in [1.82, 2.24) is 15.3 Å². The zero-order valence-corrected chi connectivity index (χ0v) is 11.5. The first kappa shape index (κ1) is 12.5. The molecule has 0 unspecified atom stereocenters. The second-order valence-corrected chi connectivity index (χ2v) is 5.69. The van der Waals surface area contributed by atoms with Crippen molar-refractivity contribution < 1.29 is 0 Å². The molecule has 0 atom stereocenters. The van der Waals surface area contributed by atoms with Gasteiger partial charge in [-0.25, -0.2) is 4.98 Å². The Labute approximate surface area is 114 Å². The Morgan fingerprint density at radius 3 is 2.63 bits per heavy atom. The summed E-state index contributed by atoms with van der Waals surface area (Å²) >= 11 is 0. The largest absolute Gasteiger partial charge is 0.308 e. The van der Waals surface area contributed by atoms with Crippen molar-refractivity contribution in [2.75, 3.05) is 0 Å². The van der Waals surface area contributed by atoms with Crippen LogP contribution in [0.3, 0.4) is 0 Å². The lowest BCUT2D eigenvalue weighted by Gasteiger charge is -2.26. The van der Waals surface area contributed by atoms with Gasteiger partial charge in [0, 0.05) is 12.6 Å². The average molecular weight is 255 g/mol. The van der Waals surface area contributed by atoms with Crippen molar-refractivity contribution in [3.8, 4) is 0 Å². The normalized spacial score (nSPS) is 23.6. The third-order valence-corrected chi connectivity index (χ3v) is 4.09. The van der Waals surface area contributed by atoms with Gasteiger partial charge in [0.25, 0.3) is 0 Å². The van der Waals surface area contributed by atoms with Crippen LogP contribution in [-0.2, 0) is 6.54 Å². The third-order valence-electron chi connectivity index (χ3n) is 4.09. The minimum absolute atomic E-state index is 0.657. The Morgan fingerprint density at radius 1 is 1.11 bits per heavy atom. The zero-order chi connectivity index (χ0) is 13.1. The van der Waals surface area contributed by atoms with E-state index in [9.17, 15) is 0 Å². The summed E-state index contributed by atoms with van der Waals surface area (Å²) in [7, 11) is 0. The smallest absolute Gasteiger partial charge is 0.0890 e.